The molecule has 0 fully saturated rings. The largest absolute Gasteiger partial charge is 0.573 e. The summed E-state index contributed by atoms with van der Waals surface area (Å²) in [6.07, 6.45) is -4.81. The molecule has 0 bridgehead atoms. The molecule has 0 unspecified atom stereocenters. The Labute approximate surface area is 147 Å². The second kappa shape index (κ2) is 8.37. The fourth-order valence-electron chi connectivity index (χ4n) is 2.05. The normalized spacial score (nSPS) is 10.9. The number of rotatable bonds is 7. The average Bonchev–Trinajstić information content (AvgIpc) is 2.58. The van der Waals surface area contributed by atoms with E-state index in [0.717, 1.165) is 0 Å². The molecule has 0 atom stereocenters. The molecule has 2 aromatic rings. The molecular formula is C18H16F3NO4. The molecular weight excluding hydrogens is 351 g/mol. The third-order valence-electron chi connectivity index (χ3n) is 3.31. The predicted octanol–water partition coefficient (Wildman–Crippen LogP) is 3.48. The highest BCUT2D eigenvalue weighted by Crippen LogP contribution is 2.26. The molecule has 0 saturated carbocycles. The Hall–Kier alpha value is -3.03. The summed E-state index contributed by atoms with van der Waals surface area (Å²) in [5, 5.41) is 2.46. The molecule has 0 aliphatic rings. The minimum Gasteiger partial charge on any atom is -0.484 e. The van der Waals surface area contributed by atoms with Gasteiger partial charge in [-0.15, -0.1) is 13.2 Å². The van der Waals surface area contributed by atoms with Crippen LogP contribution in [0.2, 0.25) is 0 Å². The van der Waals surface area contributed by atoms with Crippen LogP contribution in [0.4, 0.5) is 13.2 Å². The average molecular weight is 367 g/mol. The fraction of sp³-hybridized carbons (Fsp3) is 0.222. The van der Waals surface area contributed by atoms with Crippen LogP contribution in [-0.2, 0) is 11.3 Å². The van der Waals surface area contributed by atoms with Gasteiger partial charge in [0.25, 0.3) is 5.91 Å². The first kappa shape index (κ1) is 19.3. The van der Waals surface area contributed by atoms with Crippen molar-refractivity contribution in [1.29, 1.82) is 0 Å². The van der Waals surface area contributed by atoms with E-state index in [1.54, 1.807) is 24.3 Å². The smallest absolute Gasteiger partial charge is 0.484 e. The molecule has 26 heavy (non-hydrogen) atoms. The highest BCUT2D eigenvalue weighted by molar-refractivity contribution is 5.94. The van der Waals surface area contributed by atoms with Gasteiger partial charge < -0.3 is 14.8 Å². The SMILES string of the molecule is CC(=O)c1ccc(OCC(=O)NCc2ccccc2OC(F)(F)F)cc1. The van der Waals surface area contributed by atoms with Crippen LogP contribution in [0.3, 0.4) is 0 Å². The van der Waals surface area contributed by atoms with E-state index in [-0.39, 0.29) is 30.2 Å². The van der Waals surface area contributed by atoms with Crippen molar-refractivity contribution in [1.82, 2.24) is 5.32 Å². The first-order valence-electron chi connectivity index (χ1n) is 7.59. The van der Waals surface area contributed by atoms with E-state index in [4.69, 9.17) is 4.74 Å². The van der Waals surface area contributed by atoms with Gasteiger partial charge >= 0.3 is 6.36 Å². The molecule has 2 rings (SSSR count). The number of ether oxygens (including phenoxy) is 2. The number of ketones is 1. The van der Waals surface area contributed by atoms with Crippen LogP contribution in [-0.4, -0.2) is 24.7 Å². The first-order valence-corrected chi connectivity index (χ1v) is 7.59. The molecule has 1 amide bonds. The number of halogens is 3. The van der Waals surface area contributed by atoms with Crippen LogP contribution in [0.15, 0.2) is 48.5 Å². The molecule has 0 saturated heterocycles. The van der Waals surface area contributed by atoms with Crippen molar-refractivity contribution in [2.24, 2.45) is 0 Å². The molecule has 0 radical (unpaired) electrons. The fourth-order valence-corrected chi connectivity index (χ4v) is 2.05. The zero-order chi connectivity index (χ0) is 19.2. The third-order valence-corrected chi connectivity index (χ3v) is 3.31. The third kappa shape index (κ3) is 6.12. The lowest BCUT2D eigenvalue weighted by atomic mass is 10.1. The summed E-state index contributed by atoms with van der Waals surface area (Å²) in [7, 11) is 0. The lowest BCUT2D eigenvalue weighted by Crippen LogP contribution is -2.29. The highest BCUT2D eigenvalue weighted by atomic mass is 19.4. The standard InChI is InChI=1S/C18H16F3NO4/c1-12(23)13-6-8-15(9-7-13)25-11-17(24)22-10-14-4-2-3-5-16(14)26-18(19,20)21/h2-9H,10-11H2,1H3,(H,22,24). The number of amides is 1. The van der Waals surface area contributed by atoms with Crippen LogP contribution >= 0.6 is 0 Å². The van der Waals surface area contributed by atoms with Crippen molar-refractivity contribution < 1.29 is 32.2 Å². The molecule has 138 valence electrons. The maximum atomic E-state index is 12.4. The van der Waals surface area contributed by atoms with Crippen LogP contribution < -0.4 is 14.8 Å². The second-order valence-electron chi connectivity index (χ2n) is 5.30. The topological polar surface area (TPSA) is 64.6 Å². The molecule has 0 spiro atoms. The summed E-state index contributed by atoms with van der Waals surface area (Å²) < 4.78 is 46.3. The van der Waals surface area contributed by atoms with Crippen molar-refractivity contribution in [2.75, 3.05) is 6.61 Å². The number of carbonyl (C=O) groups is 2. The molecule has 0 aliphatic carbocycles. The number of alkyl halides is 3. The Morgan fingerprint density at radius 2 is 1.69 bits per heavy atom. The summed E-state index contributed by atoms with van der Waals surface area (Å²) in [5.74, 6) is -0.580. The minimum absolute atomic E-state index is 0.0889. The van der Waals surface area contributed by atoms with E-state index in [1.165, 1.54) is 31.2 Å². The number of Topliss-reactive ketones (excluding diaryl/α,β-unsaturated/α-hetero) is 1. The van der Waals surface area contributed by atoms with E-state index >= 15 is 0 Å². The summed E-state index contributed by atoms with van der Waals surface area (Å²) >= 11 is 0. The van der Waals surface area contributed by atoms with Gasteiger partial charge in [0, 0.05) is 17.7 Å². The molecule has 2 aromatic carbocycles. The zero-order valence-corrected chi connectivity index (χ0v) is 13.8. The van der Waals surface area contributed by atoms with E-state index in [1.807, 2.05) is 0 Å². The first-order chi connectivity index (χ1) is 12.2. The number of hydrogen-bond donors (Lipinski definition) is 1. The number of nitrogens with one attached hydrogen (secondary N) is 1. The van der Waals surface area contributed by atoms with Gasteiger partial charge in [-0.25, -0.2) is 0 Å². The number of hydrogen-bond acceptors (Lipinski definition) is 4. The van der Waals surface area contributed by atoms with Crippen LogP contribution in [0.5, 0.6) is 11.5 Å². The van der Waals surface area contributed by atoms with Gasteiger partial charge in [-0.3, -0.25) is 9.59 Å². The summed E-state index contributed by atoms with van der Waals surface area (Å²) in [4.78, 5) is 23.0. The summed E-state index contributed by atoms with van der Waals surface area (Å²) in [6.45, 7) is 0.975. The lowest BCUT2D eigenvalue weighted by molar-refractivity contribution is -0.274. The monoisotopic (exact) mass is 367 g/mol. The van der Waals surface area contributed by atoms with E-state index < -0.39 is 12.3 Å². The van der Waals surface area contributed by atoms with Crippen LogP contribution in [0.1, 0.15) is 22.8 Å². The van der Waals surface area contributed by atoms with Crippen molar-refractivity contribution in [3.05, 3.63) is 59.7 Å². The number of para-hydroxylation sites is 1. The molecule has 0 heterocycles. The van der Waals surface area contributed by atoms with E-state index in [9.17, 15) is 22.8 Å². The molecule has 1 N–H and O–H groups in total. The number of benzene rings is 2. The van der Waals surface area contributed by atoms with Gasteiger partial charge in [0.05, 0.1) is 0 Å². The summed E-state index contributed by atoms with van der Waals surface area (Å²) in [5.41, 5.74) is 0.701. The van der Waals surface area contributed by atoms with Crippen molar-refractivity contribution in [2.45, 2.75) is 19.8 Å². The molecule has 8 heteroatoms. The van der Waals surface area contributed by atoms with Gasteiger partial charge in [0.1, 0.15) is 11.5 Å². The maximum Gasteiger partial charge on any atom is 0.573 e. The Balaban J connectivity index is 1.86. The molecule has 5 nitrogen and oxygen atoms in total. The quantitative estimate of drug-likeness (QED) is 0.761. The molecule has 0 aromatic heterocycles. The minimum atomic E-state index is -4.81. The predicted molar refractivity (Wildman–Crippen MR) is 86.9 cm³/mol. The van der Waals surface area contributed by atoms with Gasteiger partial charge in [-0.1, -0.05) is 18.2 Å². The second-order valence-corrected chi connectivity index (χ2v) is 5.30. The van der Waals surface area contributed by atoms with Crippen molar-refractivity contribution >= 4 is 11.7 Å². The maximum absolute atomic E-state index is 12.4. The lowest BCUT2D eigenvalue weighted by Gasteiger charge is -2.13. The van der Waals surface area contributed by atoms with Crippen molar-refractivity contribution in [3.8, 4) is 11.5 Å². The Bertz CT molecular complexity index is 773. The van der Waals surface area contributed by atoms with Gasteiger partial charge in [-0.05, 0) is 37.3 Å². The Morgan fingerprint density at radius 1 is 1.04 bits per heavy atom. The van der Waals surface area contributed by atoms with E-state index in [2.05, 4.69) is 10.1 Å². The van der Waals surface area contributed by atoms with Gasteiger partial charge in [-0.2, -0.15) is 0 Å². The van der Waals surface area contributed by atoms with Crippen LogP contribution in [0, 0.1) is 0 Å². The summed E-state index contributed by atoms with van der Waals surface area (Å²) in [6, 6.07) is 11.8. The van der Waals surface area contributed by atoms with E-state index in [0.29, 0.717) is 11.3 Å². The van der Waals surface area contributed by atoms with Crippen LogP contribution in [0.25, 0.3) is 0 Å². The molecule has 0 aliphatic heterocycles. The van der Waals surface area contributed by atoms with Gasteiger partial charge in [0.15, 0.2) is 12.4 Å². The zero-order valence-electron chi connectivity index (χ0n) is 13.8. The highest BCUT2D eigenvalue weighted by Gasteiger charge is 2.31. The van der Waals surface area contributed by atoms with Gasteiger partial charge in [0.2, 0.25) is 0 Å². The Kier molecular flexibility index (Phi) is 6.21. The Morgan fingerprint density at radius 3 is 2.31 bits per heavy atom. The number of carbonyl (C=O) groups excluding carboxylic acids is 2. The van der Waals surface area contributed by atoms with Crippen molar-refractivity contribution in [3.63, 3.8) is 0 Å².